The Bertz CT molecular complexity index is 1140. The van der Waals surface area contributed by atoms with Crippen LogP contribution in [0, 0.1) is 5.82 Å². The van der Waals surface area contributed by atoms with Gasteiger partial charge in [0, 0.05) is 11.1 Å². The van der Waals surface area contributed by atoms with Gasteiger partial charge in [0.1, 0.15) is 24.2 Å². The molecule has 0 spiro atoms. The Hall–Kier alpha value is -3.82. The molecule has 0 radical (unpaired) electrons. The van der Waals surface area contributed by atoms with Crippen molar-refractivity contribution >= 4 is 17.5 Å². The molecular weight excluding hydrogens is 439 g/mol. The van der Waals surface area contributed by atoms with Crippen LogP contribution in [0.2, 0.25) is 0 Å². The molecule has 0 aliphatic carbocycles. The minimum Gasteiger partial charge on any atom is -0.495 e. The third-order valence-corrected chi connectivity index (χ3v) is 4.94. The van der Waals surface area contributed by atoms with E-state index in [0.29, 0.717) is 23.4 Å². The molecule has 0 aliphatic rings. The lowest BCUT2D eigenvalue weighted by Crippen LogP contribution is -2.54. The molecule has 3 rings (SSSR count). The molecule has 2 aromatic carbocycles. The van der Waals surface area contributed by atoms with Crippen LogP contribution in [0.1, 0.15) is 34.1 Å². The van der Waals surface area contributed by atoms with Crippen molar-refractivity contribution in [3.63, 3.8) is 0 Å². The lowest BCUT2D eigenvalue weighted by atomic mass is 10.1. The zero-order chi connectivity index (χ0) is 24.9. The normalized spacial score (nSPS) is 12.2. The summed E-state index contributed by atoms with van der Waals surface area (Å²) in [6, 6.07) is 11.9. The fourth-order valence-corrected chi connectivity index (χ4v) is 3.46. The summed E-state index contributed by atoms with van der Waals surface area (Å²) in [6.07, 6.45) is 0.372. The molecule has 1 aromatic heterocycles. The minimum absolute atomic E-state index is 0.258. The number of anilines is 1. The van der Waals surface area contributed by atoms with Crippen molar-refractivity contribution in [2.24, 2.45) is 0 Å². The smallest absolute Gasteiger partial charge is 0.251 e. The third kappa shape index (κ3) is 5.94. The maximum atomic E-state index is 13.6. The van der Waals surface area contributed by atoms with Gasteiger partial charge in [-0.25, -0.2) is 4.39 Å². The number of methoxy groups -OCH3 is 1. The largest absolute Gasteiger partial charge is 0.495 e. The first-order valence-corrected chi connectivity index (χ1v) is 10.9. The zero-order valence-corrected chi connectivity index (χ0v) is 19.9. The summed E-state index contributed by atoms with van der Waals surface area (Å²) < 4.78 is 18.7. The summed E-state index contributed by atoms with van der Waals surface area (Å²) in [6.45, 7) is 7.21. The summed E-state index contributed by atoms with van der Waals surface area (Å²) in [5, 5.41) is 15.1. The Balaban J connectivity index is 1.93. The Morgan fingerprint density at radius 3 is 2.44 bits per heavy atom. The van der Waals surface area contributed by atoms with E-state index in [1.54, 1.807) is 24.3 Å². The Labute approximate surface area is 197 Å². The van der Waals surface area contributed by atoms with Gasteiger partial charge in [0.25, 0.3) is 5.91 Å². The van der Waals surface area contributed by atoms with Crippen molar-refractivity contribution < 1.29 is 18.7 Å². The number of amides is 2. The number of rotatable bonds is 8. The number of para-hydroxylation sites is 2. The van der Waals surface area contributed by atoms with Gasteiger partial charge in [-0.1, -0.05) is 19.1 Å². The van der Waals surface area contributed by atoms with Crippen molar-refractivity contribution in [1.82, 2.24) is 25.5 Å². The molecule has 0 aliphatic heterocycles. The van der Waals surface area contributed by atoms with Crippen LogP contribution in [-0.4, -0.2) is 50.7 Å². The van der Waals surface area contributed by atoms with E-state index < -0.39 is 17.5 Å². The van der Waals surface area contributed by atoms with Crippen LogP contribution >= 0.6 is 0 Å². The van der Waals surface area contributed by atoms with Gasteiger partial charge in [0.05, 0.1) is 12.8 Å². The highest BCUT2D eigenvalue weighted by Gasteiger charge is 2.33. The summed E-state index contributed by atoms with van der Waals surface area (Å²) in [5.41, 5.74) is 0.555. The molecule has 0 saturated carbocycles. The molecule has 0 bridgehead atoms. The van der Waals surface area contributed by atoms with Crippen molar-refractivity contribution in [2.75, 3.05) is 12.0 Å². The van der Waals surface area contributed by atoms with Gasteiger partial charge in [-0.05, 0) is 68.8 Å². The van der Waals surface area contributed by atoms with E-state index in [4.69, 9.17) is 4.74 Å². The van der Waals surface area contributed by atoms with E-state index in [1.165, 1.54) is 36.3 Å². The van der Waals surface area contributed by atoms with Gasteiger partial charge < -0.3 is 10.1 Å². The Morgan fingerprint density at radius 1 is 1.15 bits per heavy atom. The first-order valence-electron chi connectivity index (χ1n) is 10.9. The predicted octanol–water partition coefficient (Wildman–Crippen LogP) is 3.21. The molecule has 3 aromatic rings. The number of carbonyl (C=O) groups is 2. The summed E-state index contributed by atoms with van der Waals surface area (Å²) in [4.78, 5) is 29.3. The van der Waals surface area contributed by atoms with Gasteiger partial charge in [0.2, 0.25) is 11.7 Å². The van der Waals surface area contributed by atoms with E-state index in [1.807, 2.05) is 27.7 Å². The number of aromatic nitrogens is 4. The van der Waals surface area contributed by atoms with Crippen LogP contribution in [0.5, 0.6) is 5.75 Å². The van der Waals surface area contributed by atoms with Crippen LogP contribution < -0.4 is 15.0 Å². The molecule has 0 saturated heterocycles. The first kappa shape index (κ1) is 24.8. The summed E-state index contributed by atoms with van der Waals surface area (Å²) >= 11 is 0. The van der Waals surface area contributed by atoms with Gasteiger partial charge in [0.15, 0.2) is 0 Å². The second-order valence-electron chi connectivity index (χ2n) is 8.75. The topological polar surface area (TPSA) is 102 Å². The molecule has 1 atom stereocenters. The quantitative estimate of drug-likeness (QED) is 0.545. The molecule has 1 heterocycles. The molecule has 10 heteroatoms. The average molecular weight is 469 g/mol. The highest BCUT2D eigenvalue weighted by Crippen LogP contribution is 2.30. The van der Waals surface area contributed by atoms with E-state index in [0.717, 1.165) is 4.80 Å². The maximum Gasteiger partial charge on any atom is 0.251 e. The van der Waals surface area contributed by atoms with E-state index in [9.17, 15) is 14.0 Å². The standard InChI is InChI=1S/C24H29FN6O3/c1-6-18(23(33)26-24(2,3)4)31(19-9-7-8-10-20(19)34-5)21(32)15-30-28-22(27-29-30)16-11-13-17(25)14-12-16/h7-14,18H,6,15H2,1-5H3,(H,26,33)/t18-/m1/s1. The predicted molar refractivity (Wildman–Crippen MR) is 126 cm³/mol. The molecule has 9 nitrogen and oxygen atoms in total. The van der Waals surface area contributed by atoms with Crippen LogP contribution in [0.25, 0.3) is 11.4 Å². The van der Waals surface area contributed by atoms with Crippen LogP contribution in [0.4, 0.5) is 10.1 Å². The minimum atomic E-state index is -0.789. The number of nitrogens with zero attached hydrogens (tertiary/aromatic N) is 5. The molecule has 1 N–H and O–H groups in total. The maximum absolute atomic E-state index is 13.6. The van der Waals surface area contributed by atoms with Crippen LogP contribution in [0.15, 0.2) is 48.5 Å². The van der Waals surface area contributed by atoms with E-state index in [2.05, 4.69) is 20.7 Å². The fourth-order valence-electron chi connectivity index (χ4n) is 3.46. The molecular formula is C24H29FN6O3. The first-order chi connectivity index (χ1) is 16.1. The average Bonchev–Trinajstić information content (AvgIpc) is 3.24. The third-order valence-electron chi connectivity index (χ3n) is 4.94. The van der Waals surface area contributed by atoms with Gasteiger partial charge in [-0.3, -0.25) is 14.5 Å². The SMILES string of the molecule is CC[C@H](C(=O)NC(C)(C)C)N(C(=O)Cn1nnc(-c2ccc(F)cc2)n1)c1ccccc1OC. The summed E-state index contributed by atoms with van der Waals surface area (Å²) in [5.74, 6) is -0.361. The van der Waals surface area contributed by atoms with Gasteiger partial charge >= 0.3 is 0 Å². The van der Waals surface area contributed by atoms with E-state index >= 15 is 0 Å². The fraction of sp³-hybridized carbons (Fsp3) is 0.375. The number of halogens is 1. The number of tetrazole rings is 1. The van der Waals surface area contributed by atoms with Gasteiger partial charge in [-0.2, -0.15) is 4.80 Å². The summed E-state index contributed by atoms with van der Waals surface area (Å²) in [7, 11) is 1.51. The molecule has 2 amide bonds. The second-order valence-corrected chi connectivity index (χ2v) is 8.75. The molecule has 0 fully saturated rings. The number of carbonyl (C=O) groups excluding carboxylic acids is 2. The van der Waals surface area contributed by atoms with Gasteiger partial charge in [-0.15, -0.1) is 10.2 Å². The molecule has 34 heavy (non-hydrogen) atoms. The Morgan fingerprint density at radius 2 is 1.82 bits per heavy atom. The number of ether oxygens (including phenoxy) is 1. The lowest BCUT2D eigenvalue weighted by molar-refractivity contribution is -0.128. The van der Waals surface area contributed by atoms with E-state index in [-0.39, 0.29) is 24.1 Å². The molecule has 180 valence electrons. The zero-order valence-electron chi connectivity index (χ0n) is 19.9. The molecule has 0 unspecified atom stereocenters. The number of nitrogens with one attached hydrogen (secondary N) is 1. The van der Waals surface area contributed by atoms with Crippen molar-refractivity contribution in [3.8, 4) is 17.1 Å². The van der Waals surface area contributed by atoms with Crippen LogP contribution in [-0.2, 0) is 16.1 Å². The second kappa shape index (κ2) is 10.4. The highest BCUT2D eigenvalue weighted by atomic mass is 19.1. The van der Waals surface area contributed by atoms with Crippen molar-refractivity contribution in [1.29, 1.82) is 0 Å². The van der Waals surface area contributed by atoms with Crippen LogP contribution in [0.3, 0.4) is 0 Å². The number of hydrogen-bond acceptors (Lipinski definition) is 6. The van der Waals surface area contributed by atoms with Crippen molar-refractivity contribution in [2.45, 2.75) is 52.2 Å². The number of benzene rings is 2. The highest BCUT2D eigenvalue weighted by molar-refractivity contribution is 6.01. The van der Waals surface area contributed by atoms with Crippen molar-refractivity contribution in [3.05, 3.63) is 54.3 Å². The monoisotopic (exact) mass is 468 g/mol. The Kier molecular flexibility index (Phi) is 7.60. The number of hydrogen-bond donors (Lipinski definition) is 1. The lowest BCUT2D eigenvalue weighted by Gasteiger charge is -2.33.